The van der Waals surface area contributed by atoms with Crippen molar-refractivity contribution in [3.8, 4) is 73.5 Å². The molecule has 0 atom stereocenters. The van der Waals surface area contributed by atoms with Gasteiger partial charge in [0.2, 0.25) is 0 Å². The molecule has 0 unspecified atom stereocenters. The van der Waals surface area contributed by atoms with Crippen LogP contribution < -0.4 is 0 Å². The van der Waals surface area contributed by atoms with Crippen LogP contribution in [0.25, 0.3) is 94.7 Å². The number of hydrogen-bond acceptors (Lipinski definition) is 5. The smallest absolute Gasteiger partial charge is 0.149 e. The van der Waals surface area contributed by atoms with E-state index in [-0.39, 0.29) is 27.4 Å². The van der Waals surface area contributed by atoms with Crippen LogP contribution in [-0.4, -0.2) is 19.6 Å². The van der Waals surface area contributed by atoms with E-state index in [1.165, 1.54) is 27.8 Å². The van der Waals surface area contributed by atoms with Gasteiger partial charge in [0.25, 0.3) is 0 Å². The minimum absolute atomic E-state index is 0.122. The highest BCUT2D eigenvalue weighted by Crippen LogP contribution is 2.60. The van der Waals surface area contributed by atoms with Crippen LogP contribution in [0.2, 0.25) is 0 Å². The van der Waals surface area contributed by atoms with Crippen molar-refractivity contribution in [2.24, 2.45) is 5.41 Å². The molecule has 1 aliphatic carbocycles. The standard InChI is InChI=1S/C72H74N4O2/c1-67(2,3)40-42-25-28-45(29-26-42)48-33-34-74-63-53-39-52(65-59(50-31-27-43(41-73)35-58(50)78-65)60(53)71(13,14)72(15,16)61(48)63)49-23-20-24-57-62(49)75-66(54-37-47(69(7,8)9)38-55(64(54)77)70(10,11)12)76(57)56-32-30-46(68(4,5)6)36-51(56)44-21-18-17-19-22-44/h17-39,77H,40H2,1-16H3. The van der Waals surface area contributed by atoms with Crippen molar-refractivity contribution >= 4 is 33.0 Å². The minimum atomic E-state index is -0.449. The molecule has 3 heterocycles. The number of phenols is 1. The first-order valence-electron chi connectivity index (χ1n) is 27.7. The molecule has 10 aromatic rings. The van der Waals surface area contributed by atoms with Gasteiger partial charge < -0.3 is 9.52 Å². The van der Waals surface area contributed by atoms with Crippen molar-refractivity contribution in [3.05, 3.63) is 179 Å². The number of rotatable bonds is 6. The molecular weight excluding hydrogens is 953 g/mol. The molecule has 7 aromatic carbocycles. The number of aromatic nitrogens is 3. The van der Waals surface area contributed by atoms with Gasteiger partial charge in [0, 0.05) is 55.6 Å². The molecule has 0 spiro atoms. The van der Waals surface area contributed by atoms with E-state index in [9.17, 15) is 10.4 Å². The Morgan fingerprint density at radius 3 is 1.91 bits per heavy atom. The Hall–Kier alpha value is -7.75. The zero-order valence-electron chi connectivity index (χ0n) is 48.6. The number of fused-ring (bicyclic) bond motifs is 8. The molecule has 1 N–H and O–H groups in total. The Kier molecular flexibility index (Phi) is 12.0. The zero-order chi connectivity index (χ0) is 55.8. The molecule has 0 saturated heterocycles. The van der Waals surface area contributed by atoms with Crippen molar-refractivity contribution in [1.29, 1.82) is 5.26 Å². The highest BCUT2D eigenvalue weighted by molar-refractivity contribution is 6.16. The largest absolute Gasteiger partial charge is 0.507 e. The van der Waals surface area contributed by atoms with Crippen molar-refractivity contribution in [2.75, 3.05) is 0 Å². The highest BCUT2D eigenvalue weighted by atomic mass is 16.3. The quantitative estimate of drug-likeness (QED) is 0.179. The number of pyridine rings is 1. The zero-order valence-corrected chi connectivity index (χ0v) is 48.6. The molecule has 3 aromatic heterocycles. The summed E-state index contributed by atoms with van der Waals surface area (Å²) in [5, 5.41) is 25.0. The third-order valence-electron chi connectivity index (χ3n) is 17.1. The van der Waals surface area contributed by atoms with Crippen molar-refractivity contribution < 1.29 is 9.52 Å². The number of aromatic hydroxyl groups is 1. The molecule has 6 nitrogen and oxygen atoms in total. The molecule has 78 heavy (non-hydrogen) atoms. The summed E-state index contributed by atoms with van der Waals surface area (Å²) < 4.78 is 9.47. The molecule has 6 heteroatoms. The summed E-state index contributed by atoms with van der Waals surface area (Å²) in [5.41, 5.74) is 18.8. The molecule has 0 fully saturated rings. The van der Waals surface area contributed by atoms with Gasteiger partial charge in [-0.1, -0.05) is 190 Å². The van der Waals surface area contributed by atoms with Gasteiger partial charge in [-0.2, -0.15) is 5.26 Å². The summed E-state index contributed by atoms with van der Waals surface area (Å²) >= 11 is 0. The number of furan rings is 1. The average Bonchev–Trinajstić information content (AvgIpc) is 4.05. The van der Waals surface area contributed by atoms with Crippen LogP contribution in [0.3, 0.4) is 0 Å². The third-order valence-corrected chi connectivity index (χ3v) is 17.1. The first-order chi connectivity index (χ1) is 36.6. The maximum atomic E-state index is 12.8. The second kappa shape index (κ2) is 17.9. The Balaban J connectivity index is 1.27. The van der Waals surface area contributed by atoms with Crippen molar-refractivity contribution in [2.45, 2.75) is 144 Å². The van der Waals surface area contributed by atoms with Crippen LogP contribution in [0, 0.1) is 16.7 Å². The first-order valence-corrected chi connectivity index (χ1v) is 27.7. The molecule has 1 aliphatic rings. The first kappa shape index (κ1) is 52.3. The van der Waals surface area contributed by atoms with E-state index in [2.05, 4.69) is 243 Å². The van der Waals surface area contributed by atoms with Crippen molar-refractivity contribution in [1.82, 2.24) is 14.5 Å². The Labute approximate surface area is 461 Å². The number of nitrogens with zero attached hydrogens (tertiary/aromatic N) is 4. The lowest BCUT2D eigenvalue weighted by Crippen LogP contribution is -2.44. The lowest BCUT2D eigenvalue weighted by Gasteiger charge is -2.49. The molecule has 0 amide bonds. The van der Waals surface area contributed by atoms with Crippen molar-refractivity contribution in [3.63, 3.8) is 0 Å². The maximum absolute atomic E-state index is 12.8. The third kappa shape index (κ3) is 8.53. The van der Waals surface area contributed by atoms with Crippen LogP contribution in [-0.2, 0) is 33.5 Å². The summed E-state index contributed by atoms with van der Waals surface area (Å²) in [6.45, 7) is 36.3. The average molecular weight is 1030 g/mol. The fourth-order valence-corrected chi connectivity index (χ4v) is 12.2. The Morgan fingerprint density at radius 2 is 1.26 bits per heavy atom. The second-order valence-electron chi connectivity index (χ2n) is 27.5. The van der Waals surface area contributed by atoms with Gasteiger partial charge >= 0.3 is 0 Å². The number of imidazole rings is 1. The molecule has 0 aliphatic heterocycles. The predicted octanol–water partition coefficient (Wildman–Crippen LogP) is 19.3. The number of nitriles is 1. The van der Waals surface area contributed by atoms with E-state index in [4.69, 9.17) is 14.4 Å². The van der Waals surface area contributed by atoms with E-state index in [1.54, 1.807) is 0 Å². The minimum Gasteiger partial charge on any atom is -0.507 e. The lowest BCUT2D eigenvalue weighted by atomic mass is 9.54. The van der Waals surface area contributed by atoms with E-state index < -0.39 is 10.8 Å². The van der Waals surface area contributed by atoms with Crippen LogP contribution in [0.4, 0.5) is 0 Å². The fourth-order valence-electron chi connectivity index (χ4n) is 12.2. The molecule has 0 bridgehead atoms. The summed E-state index contributed by atoms with van der Waals surface area (Å²) in [5.74, 6) is 0.855. The monoisotopic (exact) mass is 1030 g/mol. The predicted molar refractivity (Wildman–Crippen MR) is 325 cm³/mol. The summed E-state index contributed by atoms with van der Waals surface area (Å²) in [6.07, 6.45) is 2.97. The van der Waals surface area contributed by atoms with Gasteiger partial charge in [0.15, 0.2) is 0 Å². The molecule has 394 valence electrons. The summed E-state index contributed by atoms with van der Waals surface area (Å²) in [4.78, 5) is 11.2. The number of para-hydroxylation sites is 1. The second-order valence-corrected chi connectivity index (χ2v) is 27.5. The van der Waals surface area contributed by atoms with Gasteiger partial charge in [0.1, 0.15) is 22.7 Å². The van der Waals surface area contributed by atoms with E-state index in [0.29, 0.717) is 22.5 Å². The van der Waals surface area contributed by atoms with Crippen LogP contribution >= 0.6 is 0 Å². The van der Waals surface area contributed by atoms with Gasteiger partial charge in [-0.15, -0.1) is 0 Å². The Morgan fingerprint density at radius 1 is 0.590 bits per heavy atom. The summed E-state index contributed by atoms with van der Waals surface area (Å²) in [6, 6.07) is 50.0. The van der Waals surface area contributed by atoms with Gasteiger partial charge in [-0.25, -0.2) is 4.98 Å². The van der Waals surface area contributed by atoms with E-state index in [1.807, 2.05) is 18.3 Å². The molecule has 0 radical (unpaired) electrons. The topological polar surface area (TPSA) is 87.9 Å². The van der Waals surface area contributed by atoms with E-state index >= 15 is 0 Å². The number of hydrogen-bond donors (Lipinski definition) is 1. The molecular formula is C72H74N4O2. The highest BCUT2D eigenvalue weighted by Gasteiger charge is 2.50. The maximum Gasteiger partial charge on any atom is 0.149 e. The molecule has 0 saturated carbocycles. The SMILES string of the molecule is CC(C)(C)Cc1ccc(-c2ccnc3c2C(C)(C)C(C)(C)c2c-3cc(-c3cccc4c3nc(-c3cc(C(C)(C)C)cc(C(C)(C)C)c3O)n4-c3ccc(C(C)(C)C)cc3-c3ccccc3)c3oc4cc(C#N)ccc4c23)cc1. The van der Waals surface area contributed by atoms with Gasteiger partial charge in [-0.3, -0.25) is 9.55 Å². The summed E-state index contributed by atoms with van der Waals surface area (Å²) in [7, 11) is 0. The van der Waals surface area contributed by atoms with Crippen LogP contribution in [0.1, 0.15) is 150 Å². The van der Waals surface area contributed by atoms with E-state index in [0.717, 1.165) is 89.7 Å². The normalized spacial score (nSPS) is 14.4. The fraction of sp³-hybridized carbons (Fsp3) is 0.319. The number of phenolic OH excluding ortho intramolecular Hbond substituents is 1. The Bertz CT molecular complexity index is 4090. The molecule has 11 rings (SSSR count). The van der Waals surface area contributed by atoms with Crippen LogP contribution in [0.5, 0.6) is 5.75 Å². The van der Waals surface area contributed by atoms with Gasteiger partial charge in [0.05, 0.1) is 39.6 Å². The van der Waals surface area contributed by atoms with Gasteiger partial charge in [-0.05, 0) is 127 Å². The number of benzene rings is 7. The van der Waals surface area contributed by atoms with Crippen LogP contribution in [0.15, 0.2) is 144 Å². The lowest BCUT2D eigenvalue weighted by molar-refractivity contribution is 0.301.